The lowest BCUT2D eigenvalue weighted by atomic mass is 9.96. The van der Waals surface area contributed by atoms with Gasteiger partial charge in [0.15, 0.2) is 0 Å². The van der Waals surface area contributed by atoms with E-state index in [1.807, 2.05) is 5.38 Å². The van der Waals surface area contributed by atoms with E-state index in [1.54, 1.807) is 11.3 Å². The number of thiophene rings is 1. The van der Waals surface area contributed by atoms with Gasteiger partial charge in [-0.25, -0.2) is 5.43 Å². The molecule has 0 saturated heterocycles. The monoisotopic (exact) mass is 266 g/mol. The first-order chi connectivity index (χ1) is 8.72. The van der Waals surface area contributed by atoms with Gasteiger partial charge in [-0.2, -0.15) is 0 Å². The fourth-order valence-corrected chi connectivity index (χ4v) is 3.53. The van der Waals surface area contributed by atoms with E-state index in [9.17, 15) is 4.79 Å². The molecule has 1 aromatic heterocycles. The molecule has 0 spiro atoms. The molecule has 2 rings (SSSR count). The Hall–Kier alpha value is -0.870. The Kier molecular flexibility index (Phi) is 4.78. The van der Waals surface area contributed by atoms with E-state index in [-0.39, 0.29) is 5.91 Å². The third-order valence-corrected chi connectivity index (χ3v) is 4.65. The first-order valence-electron chi connectivity index (χ1n) is 6.85. The highest BCUT2D eigenvalue weighted by atomic mass is 32.1. The van der Waals surface area contributed by atoms with Gasteiger partial charge >= 0.3 is 0 Å². The highest BCUT2D eigenvalue weighted by Crippen LogP contribution is 2.22. The third kappa shape index (κ3) is 3.12. The summed E-state index contributed by atoms with van der Waals surface area (Å²) in [7, 11) is 0. The molecule has 1 fully saturated rings. The number of carbonyl (C=O) groups is 1. The van der Waals surface area contributed by atoms with Crippen molar-refractivity contribution in [2.45, 2.75) is 58.4 Å². The van der Waals surface area contributed by atoms with Crippen LogP contribution >= 0.6 is 11.3 Å². The molecule has 4 heteroatoms. The lowest BCUT2D eigenvalue weighted by Crippen LogP contribution is -2.45. The number of rotatable bonds is 4. The molecule has 3 nitrogen and oxygen atoms in total. The zero-order valence-electron chi connectivity index (χ0n) is 11.2. The highest BCUT2D eigenvalue weighted by molar-refractivity contribution is 7.10. The summed E-state index contributed by atoms with van der Waals surface area (Å²) in [5.41, 5.74) is 8.08. The van der Waals surface area contributed by atoms with Crippen molar-refractivity contribution in [1.82, 2.24) is 10.9 Å². The fourth-order valence-electron chi connectivity index (χ4n) is 2.59. The van der Waals surface area contributed by atoms with E-state index in [2.05, 4.69) is 24.7 Å². The Labute approximate surface area is 113 Å². The molecular formula is C14H22N2OS. The van der Waals surface area contributed by atoms with Crippen LogP contribution < -0.4 is 10.9 Å². The van der Waals surface area contributed by atoms with Crippen molar-refractivity contribution in [3.8, 4) is 0 Å². The topological polar surface area (TPSA) is 41.1 Å². The maximum atomic E-state index is 12.1. The smallest absolute Gasteiger partial charge is 0.266 e. The number of hydrogen-bond acceptors (Lipinski definition) is 3. The zero-order chi connectivity index (χ0) is 13.0. The van der Waals surface area contributed by atoms with Crippen LogP contribution in [0.2, 0.25) is 0 Å². The predicted octanol–water partition coefficient (Wildman–Crippen LogP) is 3.19. The van der Waals surface area contributed by atoms with E-state index in [4.69, 9.17) is 0 Å². The molecule has 0 unspecified atom stereocenters. The summed E-state index contributed by atoms with van der Waals surface area (Å²) < 4.78 is 0. The van der Waals surface area contributed by atoms with Gasteiger partial charge in [0.1, 0.15) is 0 Å². The minimum Gasteiger partial charge on any atom is -0.287 e. The largest absolute Gasteiger partial charge is 0.287 e. The molecule has 0 radical (unpaired) electrons. The average Bonchev–Trinajstić information content (AvgIpc) is 2.78. The molecule has 1 amide bonds. The predicted molar refractivity (Wildman–Crippen MR) is 75.9 cm³/mol. The van der Waals surface area contributed by atoms with Gasteiger partial charge in [-0.05, 0) is 31.7 Å². The molecule has 0 aromatic carbocycles. The van der Waals surface area contributed by atoms with Crippen molar-refractivity contribution in [1.29, 1.82) is 0 Å². The Morgan fingerprint density at radius 2 is 2.11 bits per heavy atom. The van der Waals surface area contributed by atoms with Gasteiger partial charge in [-0.3, -0.25) is 10.2 Å². The first-order valence-corrected chi connectivity index (χ1v) is 7.73. The van der Waals surface area contributed by atoms with Crippen LogP contribution in [0.3, 0.4) is 0 Å². The summed E-state index contributed by atoms with van der Waals surface area (Å²) in [6.45, 7) is 4.18. The van der Waals surface area contributed by atoms with Crippen molar-refractivity contribution in [2.75, 3.05) is 0 Å². The van der Waals surface area contributed by atoms with Crippen LogP contribution in [0.15, 0.2) is 5.38 Å². The van der Waals surface area contributed by atoms with E-state index in [0.29, 0.717) is 6.04 Å². The SMILES string of the molecule is CCc1c(C(=O)NNC2CCCCC2)csc1C. The third-order valence-electron chi connectivity index (χ3n) is 3.70. The normalized spacial score (nSPS) is 16.8. The van der Waals surface area contributed by atoms with Crippen molar-refractivity contribution in [3.05, 3.63) is 21.4 Å². The van der Waals surface area contributed by atoms with E-state index in [1.165, 1.54) is 42.5 Å². The summed E-state index contributed by atoms with van der Waals surface area (Å²) in [5.74, 6) is 0.0155. The molecule has 1 saturated carbocycles. The van der Waals surface area contributed by atoms with E-state index < -0.39 is 0 Å². The molecule has 1 aliphatic carbocycles. The maximum Gasteiger partial charge on any atom is 0.266 e. The zero-order valence-corrected chi connectivity index (χ0v) is 12.0. The molecule has 0 bridgehead atoms. The molecule has 0 atom stereocenters. The van der Waals surface area contributed by atoms with Crippen molar-refractivity contribution in [2.24, 2.45) is 0 Å². The minimum absolute atomic E-state index is 0.0155. The fraction of sp³-hybridized carbons (Fsp3) is 0.643. The second-order valence-corrected chi connectivity index (χ2v) is 6.05. The molecule has 1 aromatic rings. The number of aryl methyl sites for hydroxylation is 1. The summed E-state index contributed by atoms with van der Waals surface area (Å²) >= 11 is 1.66. The summed E-state index contributed by atoms with van der Waals surface area (Å²) in [6, 6.07) is 0.451. The van der Waals surface area contributed by atoms with Gasteiger partial charge in [-0.15, -0.1) is 11.3 Å². The Balaban J connectivity index is 1.90. The lowest BCUT2D eigenvalue weighted by molar-refractivity contribution is 0.0919. The lowest BCUT2D eigenvalue weighted by Gasteiger charge is -2.23. The van der Waals surface area contributed by atoms with Crippen molar-refractivity contribution < 1.29 is 4.79 Å². The molecule has 1 aliphatic rings. The van der Waals surface area contributed by atoms with Crippen LogP contribution in [0.1, 0.15) is 59.8 Å². The molecular weight excluding hydrogens is 244 g/mol. The van der Waals surface area contributed by atoms with Crippen LogP contribution in [0.4, 0.5) is 0 Å². The van der Waals surface area contributed by atoms with Gasteiger partial charge in [0.25, 0.3) is 5.91 Å². The maximum absolute atomic E-state index is 12.1. The van der Waals surface area contributed by atoms with Crippen LogP contribution in [-0.4, -0.2) is 11.9 Å². The highest BCUT2D eigenvalue weighted by Gasteiger charge is 2.17. The average molecular weight is 266 g/mol. The second-order valence-electron chi connectivity index (χ2n) is 4.97. The number of carbonyl (C=O) groups excluding carboxylic acids is 1. The van der Waals surface area contributed by atoms with Crippen molar-refractivity contribution in [3.63, 3.8) is 0 Å². The van der Waals surface area contributed by atoms with Crippen LogP contribution in [0, 0.1) is 6.92 Å². The van der Waals surface area contributed by atoms with Gasteiger partial charge in [0.2, 0.25) is 0 Å². The van der Waals surface area contributed by atoms with Gasteiger partial charge in [0, 0.05) is 16.3 Å². The van der Waals surface area contributed by atoms with Crippen molar-refractivity contribution >= 4 is 17.2 Å². The number of amides is 1. The first kappa shape index (κ1) is 13.6. The molecule has 1 heterocycles. The van der Waals surface area contributed by atoms with E-state index in [0.717, 1.165) is 12.0 Å². The summed E-state index contributed by atoms with van der Waals surface area (Å²) in [6.07, 6.45) is 7.13. The molecule has 18 heavy (non-hydrogen) atoms. The standard InChI is InChI=1S/C14H22N2OS/c1-3-12-10(2)18-9-13(12)14(17)16-15-11-7-5-4-6-8-11/h9,11,15H,3-8H2,1-2H3,(H,16,17). The molecule has 0 aliphatic heterocycles. The molecule has 2 N–H and O–H groups in total. The van der Waals surface area contributed by atoms with Crippen LogP contribution in [-0.2, 0) is 6.42 Å². The molecule has 100 valence electrons. The van der Waals surface area contributed by atoms with Gasteiger partial charge in [-0.1, -0.05) is 26.2 Å². The van der Waals surface area contributed by atoms with Gasteiger partial charge in [0.05, 0.1) is 5.56 Å². The number of nitrogens with one attached hydrogen (secondary N) is 2. The Bertz CT molecular complexity index is 408. The number of hydrazine groups is 1. The van der Waals surface area contributed by atoms with E-state index >= 15 is 0 Å². The summed E-state index contributed by atoms with van der Waals surface area (Å²) in [4.78, 5) is 13.4. The quantitative estimate of drug-likeness (QED) is 0.822. The Morgan fingerprint density at radius 1 is 1.39 bits per heavy atom. The van der Waals surface area contributed by atoms with Crippen LogP contribution in [0.5, 0.6) is 0 Å². The minimum atomic E-state index is 0.0155. The Morgan fingerprint density at radius 3 is 2.78 bits per heavy atom. The van der Waals surface area contributed by atoms with Crippen LogP contribution in [0.25, 0.3) is 0 Å². The number of hydrogen-bond donors (Lipinski definition) is 2. The second kappa shape index (κ2) is 6.34. The van der Waals surface area contributed by atoms with Gasteiger partial charge < -0.3 is 0 Å². The summed E-state index contributed by atoms with van der Waals surface area (Å²) in [5, 5.41) is 1.96.